The van der Waals surface area contributed by atoms with Gasteiger partial charge in [-0.15, -0.1) is 0 Å². The van der Waals surface area contributed by atoms with Crippen LogP contribution in [0, 0.1) is 0 Å². The van der Waals surface area contributed by atoms with Gasteiger partial charge in [0.2, 0.25) is 5.78 Å². The van der Waals surface area contributed by atoms with Gasteiger partial charge >= 0.3 is 0 Å². The molecule has 0 fully saturated rings. The van der Waals surface area contributed by atoms with Crippen LogP contribution in [0.4, 0.5) is 0 Å². The highest BCUT2D eigenvalue weighted by Crippen LogP contribution is 2.44. The molecule has 0 amide bonds. The predicted molar refractivity (Wildman–Crippen MR) is 286 cm³/mol. The van der Waals surface area contributed by atoms with Crippen LogP contribution in [0.5, 0.6) is 0 Å². The van der Waals surface area contributed by atoms with Crippen LogP contribution in [0.1, 0.15) is 0 Å². The molecule has 0 spiro atoms. The van der Waals surface area contributed by atoms with Crippen LogP contribution >= 0.6 is 0 Å². The van der Waals surface area contributed by atoms with Gasteiger partial charge in [-0.2, -0.15) is 0 Å². The lowest BCUT2D eigenvalue weighted by Gasteiger charge is -2.20. The molecule has 0 aliphatic heterocycles. The first-order valence-corrected chi connectivity index (χ1v) is 23.5. The SMILES string of the molecule is c1ccc(-c2cc(-c3ccccc3)c(-n3c4ccc(-c5ccc(-c6nc(-c7ccccc7)nc(-c7ccccc7)n6)cc5)cc4n4c5cc(-c6ccccc6)ccc5nc34)c(-c3ccccc3)c2)cc1. The number of aromatic nitrogens is 6. The van der Waals surface area contributed by atoms with Crippen molar-refractivity contribution in [3.8, 4) is 95.5 Å². The lowest BCUT2D eigenvalue weighted by Crippen LogP contribution is -2.02. The largest absolute Gasteiger partial charge is 0.277 e. The highest BCUT2D eigenvalue weighted by Gasteiger charge is 2.25. The third-order valence-electron chi connectivity index (χ3n) is 13.2. The molecule has 6 nitrogen and oxygen atoms in total. The summed E-state index contributed by atoms with van der Waals surface area (Å²) in [6.45, 7) is 0. The van der Waals surface area contributed by atoms with Gasteiger partial charge in [0.05, 0.1) is 27.8 Å². The average Bonchev–Trinajstić information content (AvgIpc) is 3.98. The van der Waals surface area contributed by atoms with Gasteiger partial charge in [-0.05, 0) is 80.9 Å². The third kappa shape index (κ3) is 7.32. The summed E-state index contributed by atoms with van der Waals surface area (Å²) in [4.78, 5) is 20.5. The summed E-state index contributed by atoms with van der Waals surface area (Å²) in [5.74, 6) is 2.73. The van der Waals surface area contributed by atoms with Gasteiger partial charge in [0, 0.05) is 27.8 Å². The Morgan fingerprint density at radius 2 is 0.600 bits per heavy atom. The molecule has 0 radical (unpaired) electrons. The fraction of sp³-hybridized carbons (Fsp3) is 0. The number of hydrogen-bond donors (Lipinski definition) is 0. The molecule has 3 aromatic heterocycles. The molecule has 0 saturated carbocycles. The molecule has 328 valence electrons. The zero-order valence-electron chi connectivity index (χ0n) is 37.9. The number of benzene rings is 10. The molecule has 10 aromatic carbocycles. The molecule has 0 N–H and O–H groups in total. The second-order valence-electron chi connectivity index (χ2n) is 17.5. The van der Waals surface area contributed by atoms with Gasteiger partial charge in [0.25, 0.3) is 0 Å². The second-order valence-corrected chi connectivity index (χ2v) is 17.5. The van der Waals surface area contributed by atoms with E-state index in [9.17, 15) is 0 Å². The minimum Gasteiger partial charge on any atom is -0.277 e. The standard InChI is InChI=1S/C64H42N6/c1-7-19-43(20-8-1)51-35-37-56-58(41-51)69-59-42-52(45-31-33-50(34-32-45)63-67-61(48-27-15-5-16-28-48)66-62(68-63)49-29-17-6-18-30-49)36-38-57(59)70(64(69)65-56)60-54(46-23-11-3-12-24-46)39-53(44-21-9-2-10-22-44)40-55(60)47-25-13-4-14-26-47/h1-42H. The molecule has 0 bridgehead atoms. The summed E-state index contributed by atoms with van der Waals surface area (Å²) in [5, 5.41) is 0. The van der Waals surface area contributed by atoms with Crippen molar-refractivity contribution in [2.24, 2.45) is 0 Å². The Morgan fingerprint density at radius 3 is 1.09 bits per heavy atom. The summed E-state index contributed by atoms with van der Waals surface area (Å²) < 4.78 is 4.74. The predicted octanol–water partition coefficient (Wildman–Crippen LogP) is 16.0. The number of imidazole rings is 2. The van der Waals surface area contributed by atoms with Gasteiger partial charge in [0.1, 0.15) is 0 Å². The lowest BCUT2D eigenvalue weighted by atomic mass is 9.90. The summed E-state index contributed by atoms with van der Waals surface area (Å²) in [6, 6.07) is 89.6. The Balaban J connectivity index is 1.03. The highest BCUT2D eigenvalue weighted by molar-refractivity contribution is 6.00. The molecular weight excluding hydrogens is 853 g/mol. The van der Waals surface area contributed by atoms with Crippen molar-refractivity contribution in [1.29, 1.82) is 0 Å². The summed E-state index contributed by atoms with van der Waals surface area (Å²) >= 11 is 0. The second kappa shape index (κ2) is 17.3. The first-order valence-electron chi connectivity index (χ1n) is 23.5. The van der Waals surface area contributed by atoms with Crippen molar-refractivity contribution < 1.29 is 0 Å². The van der Waals surface area contributed by atoms with Crippen LogP contribution in [-0.2, 0) is 0 Å². The van der Waals surface area contributed by atoms with Crippen LogP contribution in [-0.4, -0.2) is 28.9 Å². The number of rotatable bonds is 9. The quantitative estimate of drug-likeness (QED) is 0.145. The van der Waals surface area contributed by atoms with Gasteiger partial charge in [-0.25, -0.2) is 19.9 Å². The zero-order valence-corrected chi connectivity index (χ0v) is 37.9. The molecule has 0 atom stereocenters. The van der Waals surface area contributed by atoms with E-state index in [4.69, 9.17) is 19.9 Å². The van der Waals surface area contributed by atoms with E-state index in [0.29, 0.717) is 17.5 Å². The molecule has 13 aromatic rings. The van der Waals surface area contributed by atoms with Crippen molar-refractivity contribution in [2.45, 2.75) is 0 Å². The summed E-state index contributed by atoms with van der Waals surface area (Å²) in [6.07, 6.45) is 0. The Hall–Kier alpha value is -9.52. The van der Waals surface area contributed by atoms with Gasteiger partial charge < -0.3 is 0 Å². The van der Waals surface area contributed by atoms with E-state index in [2.05, 4.69) is 203 Å². The molecule has 6 heteroatoms. The van der Waals surface area contributed by atoms with E-state index >= 15 is 0 Å². The molecule has 13 rings (SSSR count). The molecule has 0 saturated heterocycles. The minimum absolute atomic E-state index is 0.620. The molecule has 0 aliphatic rings. The molecule has 3 heterocycles. The normalized spacial score (nSPS) is 11.4. The highest BCUT2D eigenvalue weighted by atomic mass is 15.2. The molecule has 0 aliphatic carbocycles. The van der Waals surface area contributed by atoms with Crippen LogP contribution in [0.15, 0.2) is 255 Å². The molecule has 70 heavy (non-hydrogen) atoms. The maximum absolute atomic E-state index is 5.53. The van der Waals surface area contributed by atoms with E-state index in [-0.39, 0.29) is 0 Å². The topological polar surface area (TPSA) is 60.9 Å². The lowest BCUT2D eigenvalue weighted by molar-refractivity contribution is 1.07. The van der Waals surface area contributed by atoms with Crippen LogP contribution in [0.2, 0.25) is 0 Å². The van der Waals surface area contributed by atoms with E-state index in [1.807, 2.05) is 60.7 Å². The smallest absolute Gasteiger partial charge is 0.220 e. The summed E-state index contributed by atoms with van der Waals surface area (Å²) in [7, 11) is 0. The minimum atomic E-state index is 0.620. The monoisotopic (exact) mass is 894 g/mol. The Kier molecular flexibility index (Phi) is 10.1. The van der Waals surface area contributed by atoms with Gasteiger partial charge in [-0.3, -0.25) is 8.97 Å². The maximum atomic E-state index is 5.53. The number of hydrogen-bond acceptors (Lipinski definition) is 4. The molecular formula is C64H42N6. The fourth-order valence-electron chi connectivity index (χ4n) is 9.76. The van der Waals surface area contributed by atoms with Gasteiger partial charge in [0.15, 0.2) is 17.5 Å². The zero-order chi connectivity index (χ0) is 46.4. The van der Waals surface area contributed by atoms with E-state index < -0.39 is 0 Å². The summed E-state index contributed by atoms with van der Waals surface area (Å²) in [5.41, 5.74) is 19.1. The van der Waals surface area contributed by atoms with Crippen molar-refractivity contribution in [2.75, 3.05) is 0 Å². The first kappa shape index (κ1) is 40.7. The van der Waals surface area contributed by atoms with Crippen molar-refractivity contribution in [1.82, 2.24) is 28.9 Å². The van der Waals surface area contributed by atoms with Crippen molar-refractivity contribution in [3.63, 3.8) is 0 Å². The van der Waals surface area contributed by atoms with Crippen LogP contribution in [0.3, 0.4) is 0 Å². The Morgan fingerprint density at radius 1 is 0.243 bits per heavy atom. The van der Waals surface area contributed by atoms with Gasteiger partial charge in [-0.1, -0.05) is 218 Å². The third-order valence-corrected chi connectivity index (χ3v) is 13.2. The van der Waals surface area contributed by atoms with Crippen molar-refractivity contribution >= 4 is 27.8 Å². The number of nitrogens with zero attached hydrogens (tertiary/aromatic N) is 6. The van der Waals surface area contributed by atoms with Crippen LogP contribution < -0.4 is 0 Å². The Bertz CT molecular complexity index is 3880. The maximum Gasteiger partial charge on any atom is 0.220 e. The first-order chi connectivity index (χ1) is 34.7. The van der Waals surface area contributed by atoms with E-state index in [1.165, 1.54) is 0 Å². The van der Waals surface area contributed by atoms with Crippen molar-refractivity contribution in [3.05, 3.63) is 255 Å². The number of fused-ring (bicyclic) bond motifs is 5. The van der Waals surface area contributed by atoms with E-state index in [0.717, 1.165) is 106 Å². The fourth-order valence-corrected chi connectivity index (χ4v) is 9.76. The Labute approximate surface area is 405 Å². The molecule has 0 unspecified atom stereocenters. The van der Waals surface area contributed by atoms with Crippen LogP contribution in [0.25, 0.3) is 123 Å². The average molecular weight is 895 g/mol. The van der Waals surface area contributed by atoms with E-state index in [1.54, 1.807) is 0 Å².